The lowest BCUT2D eigenvalue weighted by Crippen LogP contribution is -2.09. The van der Waals surface area contributed by atoms with Gasteiger partial charge in [-0.05, 0) is 12.2 Å². The SMILES string of the molecule is O=C1OCC[C@@H]1N=C=S. The second kappa shape index (κ2) is 2.71. The Labute approximate surface area is 57.7 Å². The van der Waals surface area contributed by atoms with Gasteiger partial charge in [0.1, 0.15) is 0 Å². The quantitative estimate of drug-likeness (QED) is 0.303. The standard InChI is InChI=1S/C5H5NO2S/c7-5-4(6-3-9)1-2-8-5/h4H,1-2H2/t4-/m0/s1. The van der Waals surface area contributed by atoms with Gasteiger partial charge in [-0.3, -0.25) is 0 Å². The van der Waals surface area contributed by atoms with Crippen LogP contribution in [0.25, 0.3) is 0 Å². The summed E-state index contributed by atoms with van der Waals surface area (Å²) in [6.45, 7) is 0.462. The number of nitrogens with zero attached hydrogens (tertiary/aromatic N) is 1. The van der Waals surface area contributed by atoms with Crippen LogP contribution < -0.4 is 0 Å². The molecule has 1 heterocycles. The molecule has 0 aliphatic carbocycles. The van der Waals surface area contributed by atoms with Crippen LogP contribution >= 0.6 is 12.2 Å². The second-order valence-electron chi connectivity index (χ2n) is 1.69. The molecule has 1 rings (SSSR count). The van der Waals surface area contributed by atoms with E-state index in [4.69, 9.17) is 0 Å². The number of rotatable bonds is 1. The van der Waals surface area contributed by atoms with Crippen molar-refractivity contribution in [3.8, 4) is 0 Å². The minimum Gasteiger partial charge on any atom is -0.464 e. The van der Waals surface area contributed by atoms with Gasteiger partial charge in [-0.15, -0.1) is 0 Å². The third-order valence-electron chi connectivity index (χ3n) is 1.12. The molecule has 9 heavy (non-hydrogen) atoms. The summed E-state index contributed by atoms with van der Waals surface area (Å²) in [6, 6.07) is -0.373. The van der Waals surface area contributed by atoms with Crippen LogP contribution in [0.3, 0.4) is 0 Å². The lowest BCUT2D eigenvalue weighted by Gasteiger charge is -1.90. The molecule has 0 amide bonds. The Kier molecular flexibility index (Phi) is 1.92. The number of esters is 1. The maximum absolute atomic E-state index is 10.6. The number of carbonyl (C=O) groups excluding carboxylic acids is 1. The van der Waals surface area contributed by atoms with Crippen LogP contribution in [-0.4, -0.2) is 23.8 Å². The molecule has 0 bridgehead atoms. The molecule has 0 spiro atoms. The van der Waals surface area contributed by atoms with Crippen LogP contribution in [0, 0.1) is 0 Å². The van der Waals surface area contributed by atoms with Gasteiger partial charge in [0.2, 0.25) is 0 Å². The van der Waals surface area contributed by atoms with E-state index in [9.17, 15) is 4.79 Å². The zero-order valence-corrected chi connectivity index (χ0v) is 5.48. The van der Waals surface area contributed by atoms with Crippen LogP contribution in [0.2, 0.25) is 0 Å². The minimum atomic E-state index is -0.373. The van der Waals surface area contributed by atoms with Crippen molar-refractivity contribution >= 4 is 23.3 Å². The predicted octanol–water partition coefficient (Wildman–Crippen LogP) is 0.405. The summed E-state index contributed by atoms with van der Waals surface area (Å²) in [5.74, 6) is -0.285. The highest BCUT2D eigenvalue weighted by molar-refractivity contribution is 7.78. The van der Waals surface area contributed by atoms with E-state index in [-0.39, 0.29) is 12.0 Å². The maximum atomic E-state index is 10.6. The molecule has 1 fully saturated rings. The topological polar surface area (TPSA) is 38.7 Å². The smallest absolute Gasteiger partial charge is 0.331 e. The van der Waals surface area contributed by atoms with Gasteiger partial charge < -0.3 is 4.74 Å². The number of ether oxygens (including phenoxy) is 1. The molecule has 1 aliphatic heterocycles. The van der Waals surface area contributed by atoms with Crippen LogP contribution in [-0.2, 0) is 9.53 Å². The lowest BCUT2D eigenvalue weighted by atomic mass is 10.3. The van der Waals surface area contributed by atoms with Gasteiger partial charge in [0, 0.05) is 6.42 Å². The third-order valence-corrected chi connectivity index (χ3v) is 1.22. The number of cyclic esters (lactones) is 1. The number of hydrogen-bond donors (Lipinski definition) is 0. The zero-order chi connectivity index (χ0) is 6.69. The molecular formula is C5H5NO2S. The van der Waals surface area contributed by atoms with Gasteiger partial charge in [-0.2, -0.15) is 0 Å². The molecule has 3 nitrogen and oxygen atoms in total. The molecular weight excluding hydrogens is 138 g/mol. The van der Waals surface area contributed by atoms with Crippen molar-refractivity contribution in [2.45, 2.75) is 12.5 Å². The van der Waals surface area contributed by atoms with Gasteiger partial charge in [0.05, 0.1) is 11.8 Å². The number of hydrogen-bond acceptors (Lipinski definition) is 4. The third kappa shape index (κ3) is 1.34. The Bertz CT molecular complexity index is 174. The summed E-state index contributed by atoms with van der Waals surface area (Å²) >= 11 is 4.32. The Balaban J connectivity index is 2.59. The molecule has 0 radical (unpaired) electrons. The van der Waals surface area contributed by atoms with Gasteiger partial charge in [0.25, 0.3) is 0 Å². The average Bonchev–Trinajstić information content (AvgIpc) is 2.18. The van der Waals surface area contributed by atoms with Crippen LogP contribution in [0.5, 0.6) is 0 Å². The van der Waals surface area contributed by atoms with Gasteiger partial charge >= 0.3 is 5.97 Å². The van der Waals surface area contributed by atoms with Crippen molar-refractivity contribution in [3.05, 3.63) is 0 Å². The number of aliphatic imine (C=N–C) groups is 1. The van der Waals surface area contributed by atoms with E-state index < -0.39 is 0 Å². The van der Waals surface area contributed by atoms with E-state index in [1.807, 2.05) is 0 Å². The van der Waals surface area contributed by atoms with E-state index in [0.29, 0.717) is 13.0 Å². The van der Waals surface area contributed by atoms with Crippen LogP contribution in [0.1, 0.15) is 6.42 Å². The molecule has 1 saturated heterocycles. The first kappa shape index (κ1) is 6.39. The zero-order valence-electron chi connectivity index (χ0n) is 4.66. The van der Waals surface area contributed by atoms with E-state index in [1.165, 1.54) is 0 Å². The first-order chi connectivity index (χ1) is 4.34. The highest BCUT2D eigenvalue weighted by Crippen LogP contribution is 2.08. The summed E-state index contributed by atoms with van der Waals surface area (Å²) in [5, 5.41) is 2.15. The van der Waals surface area contributed by atoms with E-state index in [1.54, 1.807) is 0 Å². The van der Waals surface area contributed by atoms with Crippen molar-refractivity contribution in [1.82, 2.24) is 0 Å². The molecule has 0 aromatic heterocycles. The fraction of sp³-hybridized carbons (Fsp3) is 0.600. The molecule has 4 heteroatoms. The summed E-state index contributed by atoms with van der Waals surface area (Å²) in [6.07, 6.45) is 0.641. The molecule has 1 atom stereocenters. The predicted molar refractivity (Wildman–Crippen MR) is 34.4 cm³/mol. The Hall–Kier alpha value is -0.730. The number of thiocarbonyl (C=S) groups is 1. The second-order valence-corrected chi connectivity index (χ2v) is 1.87. The Morgan fingerprint density at radius 2 is 2.67 bits per heavy atom. The monoisotopic (exact) mass is 143 g/mol. The van der Waals surface area contributed by atoms with Crippen molar-refractivity contribution in [1.29, 1.82) is 0 Å². The molecule has 0 aromatic carbocycles. The van der Waals surface area contributed by atoms with Crippen molar-refractivity contribution in [2.24, 2.45) is 4.99 Å². The molecule has 1 aliphatic rings. The molecule has 48 valence electrons. The molecule has 0 saturated carbocycles. The minimum absolute atomic E-state index is 0.285. The summed E-state index contributed by atoms with van der Waals surface area (Å²) in [7, 11) is 0. The first-order valence-corrected chi connectivity index (χ1v) is 2.99. The molecule has 0 unspecified atom stereocenters. The highest BCUT2D eigenvalue weighted by atomic mass is 32.1. The fourth-order valence-corrected chi connectivity index (χ4v) is 0.793. The first-order valence-electron chi connectivity index (χ1n) is 2.58. The Morgan fingerprint density at radius 1 is 1.89 bits per heavy atom. The lowest BCUT2D eigenvalue weighted by molar-refractivity contribution is -0.138. The average molecular weight is 143 g/mol. The number of isothiocyanates is 1. The Morgan fingerprint density at radius 3 is 3.11 bits per heavy atom. The molecule has 0 aromatic rings. The summed E-state index contributed by atoms with van der Waals surface area (Å²) < 4.78 is 4.60. The van der Waals surface area contributed by atoms with Crippen molar-refractivity contribution < 1.29 is 9.53 Å². The van der Waals surface area contributed by atoms with Gasteiger partial charge in [-0.25, -0.2) is 9.79 Å². The summed E-state index contributed by atoms with van der Waals surface area (Å²) in [5.41, 5.74) is 0. The molecule has 0 N–H and O–H groups in total. The summed E-state index contributed by atoms with van der Waals surface area (Å²) in [4.78, 5) is 14.2. The van der Waals surface area contributed by atoms with Crippen LogP contribution in [0.15, 0.2) is 4.99 Å². The van der Waals surface area contributed by atoms with Crippen LogP contribution in [0.4, 0.5) is 0 Å². The van der Waals surface area contributed by atoms with E-state index >= 15 is 0 Å². The largest absolute Gasteiger partial charge is 0.464 e. The highest BCUT2D eigenvalue weighted by Gasteiger charge is 2.24. The van der Waals surface area contributed by atoms with E-state index in [0.717, 1.165) is 0 Å². The normalized spacial score (nSPS) is 24.9. The number of carbonyl (C=O) groups is 1. The van der Waals surface area contributed by atoms with Crippen molar-refractivity contribution in [2.75, 3.05) is 6.61 Å². The van der Waals surface area contributed by atoms with E-state index in [2.05, 4.69) is 27.1 Å². The van der Waals surface area contributed by atoms with Crippen molar-refractivity contribution in [3.63, 3.8) is 0 Å². The fourth-order valence-electron chi connectivity index (χ4n) is 0.666. The van der Waals surface area contributed by atoms with Gasteiger partial charge in [-0.1, -0.05) is 0 Å². The maximum Gasteiger partial charge on any atom is 0.331 e. The van der Waals surface area contributed by atoms with Gasteiger partial charge in [0.15, 0.2) is 6.04 Å².